The Balaban J connectivity index is 1.60. The number of hydrogen-bond donors (Lipinski definition) is 2. The van der Waals surface area contributed by atoms with Gasteiger partial charge in [0.2, 0.25) is 0 Å². The highest BCUT2D eigenvalue weighted by Gasteiger charge is 2.39. The van der Waals surface area contributed by atoms with Crippen LogP contribution < -0.4 is 5.73 Å². The largest absolute Gasteiger partial charge is 0.477 e. The number of benzene rings is 1. The highest BCUT2D eigenvalue weighted by atomic mass is 32.2. The number of carboxylic acid groups (broad SMARTS) is 1. The van der Waals surface area contributed by atoms with Gasteiger partial charge in [0.25, 0.3) is 5.91 Å². The maximum atomic E-state index is 13.1. The average Bonchev–Trinajstić information content (AvgIpc) is 3.44. The molecule has 1 aromatic carbocycles. The van der Waals surface area contributed by atoms with Gasteiger partial charge >= 0.3 is 5.97 Å². The van der Waals surface area contributed by atoms with Crippen molar-refractivity contribution in [2.24, 2.45) is 5.92 Å². The van der Waals surface area contributed by atoms with Gasteiger partial charge in [-0.25, -0.2) is 14.3 Å². The molecule has 0 saturated heterocycles. The highest BCUT2D eigenvalue weighted by molar-refractivity contribution is 7.98. The molecule has 3 N–H and O–H groups in total. The van der Waals surface area contributed by atoms with Gasteiger partial charge in [-0.05, 0) is 55.7 Å². The Labute approximate surface area is 177 Å². The Kier molecular flexibility index (Phi) is 4.25. The highest BCUT2D eigenvalue weighted by Crippen LogP contribution is 2.41. The monoisotopic (exact) mass is 423 g/mol. The van der Waals surface area contributed by atoms with Gasteiger partial charge in [0.1, 0.15) is 5.56 Å². The summed E-state index contributed by atoms with van der Waals surface area (Å²) >= 11 is 1.53. The van der Waals surface area contributed by atoms with E-state index in [4.69, 9.17) is 5.73 Å². The number of thioether (sulfide) groups is 1. The maximum Gasteiger partial charge on any atom is 0.343 e. The van der Waals surface area contributed by atoms with Crippen molar-refractivity contribution in [1.82, 2.24) is 19.5 Å². The number of rotatable bonds is 5. The first-order valence-electron chi connectivity index (χ1n) is 9.79. The summed E-state index contributed by atoms with van der Waals surface area (Å²) in [5.74, 6) is -0.533. The summed E-state index contributed by atoms with van der Waals surface area (Å²) in [6.07, 6.45) is 5.98. The van der Waals surface area contributed by atoms with E-state index in [1.54, 1.807) is 12.3 Å². The van der Waals surface area contributed by atoms with Crippen LogP contribution in [0.25, 0.3) is 16.9 Å². The molecule has 1 amide bonds. The number of aromatic nitrogens is 3. The zero-order valence-electron chi connectivity index (χ0n) is 16.6. The molecule has 1 saturated carbocycles. The number of carbonyl (C=O) groups excluding carboxylic acids is 1. The van der Waals surface area contributed by atoms with Crippen molar-refractivity contribution < 1.29 is 14.7 Å². The fourth-order valence-electron chi connectivity index (χ4n) is 4.22. The topological polar surface area (TPSA) is 114 Å². The first-order chi connectivity index (χ1) is 14.4. The molecule has 2 aromatic heterocycles. The smallest absolute Gasteiger partial charge is 0.343 e. The maximum absolute atomic E-state index is 13.1. The van der Waals surface area contributed by atoms with Crippen LogP contribution in [0.3, 0.4) is 0 Å². The summed E-state index contributed by atoms with van der Waals surface area (Å²) in [7, 11) is 0. The molecule has 1 aliphatic carbocycles. The Morgan fingerprint density at radius 2 is 2.13 bits per heavy atom. The lowest BCUT2D eigenvalue weighted by Crippen LogP contribution is -2.34. The molecule has 9 heteroatoms. The Morgan fingerprint density at radius 1 is 1.37 bits per heavy atom. The Hall–Kier alpha value is -3.07. The molecule has 0 unspecified atom stereocenters. The molecule has 5 rings (SSSR count). The van der Waals surface area contributed by atoms with Crippen LogP contribution in [-0.2, 0) is 6.54 Å². The molecule has 1 fully saturated rings. The summed E-state index contributed by atoms with van der Waals surface area (Å²) in [5, 5.41) is 13.5. The van der Waals surface area contributed by atoms with Gasteiger partial charge in [-0.3, -0.25) is 4.79 Å². The third-order valence-electron chi connectivity index (χ3n) is 6.04. The minimum atomic E-state index is -1.17. The van der Waals surface area contributed by atoms with Gasteiger partial charge in [-0.2, -0.15) is 0 Å². The van der Waals surface area contributed by atoms with E-state index in [9.17, 15) is 14.7 Å². The van der Waals surface area contributed by atoms with Crippen molar-refractivity contribution in [1.29, 1.82) is 0 Å². The van der Waals surface area contributed by atoms with Crippen LogP contribution in [0.5, 0.6) is 0 Å². The molecule has 0 spiro atoms. The van der Waals surface area contributed by atoms with Gasteiger partial charge in [0.05, 0.1) is 11.3 Å². The SMILES string of the molecule is CSc1cc(-c2ccn3nc(N)c(C(=O)O)c3n2)cc2c1C(=O)N([C@@H](C)C1CC1)C2. The molecular weight excluding hydrogens is 402 g/mol. The van der Waals surface area contributed by atoms with Gasteiger partial charge in [0, 0.05) is 29.2 Å². The predicted octanol–water partition coefficient (Wildman–Crippen LogP) is 3.15. The number of amides is 1. The normalized spacial score (nSPS) is 16.9. The van der Waals surface area contributed by atoms with Crippen molar-refractivity contribution in [3.8, 4) is 11.3 Å². The number of anilines is 1. The quantitative estimate of drug-likeness (QED) is 0.606. The molecule has 30 heavy (non-hydrogen) atoms. The minimum Gasteiger partial charge on any atom is -0.477 e. The summed E-state index contributed by atoms with van der Waals surface area (Å²) in [6, 6.07) is 5.96. The second kappa shape index (κ2) is 6.73. The van der Waals surface area contributed by atoms with Crippen molar-refractivity contribution in [2.75, 3.05) is 12.0 Å². The molecule has 8 nitrogen and oxygen atoms in total. The first-order valence-corrected chi connectivity index (χ1v) is 11.0. The van der Waals surface area contributed by atoms with Gasteiger partial charge in [-0.15, -0.1) is 16.9 Å². The minimum absolute atomic E-state index is 0.0683. The Morgan fingerprint density at radius 3 is 2.80 bits per heavy atom. The van der Waals surface area contributed by atoms with E-state index in [0.717, 1.165) is 21.6 Å². The average molecular weight is 423 g/mol. The number of hydrogen-bond acceptors (Lipinski definition) is 6. The van der Waals surface area contributed by atoms with Crippen LogP contribution in [-0.4, -0.2) is 48.8 Å². The van der Waals surface area contributed by atoms with E-state index in [2.05, 4.69) is 17.0 Å². The van der Waals surface area contributed by atoms with E-state index in [0.29, 0.717) is 18.2 Å². The van der Waals surface area contributed by atoms with Crippen molar-refractivity contribution in [3.05, 3.63) is 41.1 Å². The summed E-state index contributed by atoms with van der Waals surface area (Å²) in [6.45, 7) is 2.73. The lowest BCUT2D eigenvalue weighted by molar-refractivity contribution is 0.0688. The second-order valence-electron chi connectivity index (χ2n) is 7.87. The van der Waals surface area contributed by atoms with Crippen molar-refractivity contribution >= 4 is 35.1 Å². The number of nitrogens with zero attached hydrogens (tertiary/aromatic N) is 4. The third-order valence-corrected chi connectivity index (χ3v) is 6.80. The molecule has 3 heterocycles. The molecule has 0 radical (unpaired) electrons. The zero-order chi connectivity index (χ0) is 21.2. The van der Waals surface area contributed by atoms with E-state index in [-0.39, 0.29) is 29.0 Å². The number of nitrogen functional groups attached to an aromatic ring is 1. The molecule has 154 valence electrons. The molecule has 1 atom stereocenters. The number of aromatic carboxylic acids is 1. The van der Waals surface area contributed by atoms with Crippen LogP contribution >= 0.6 is 11.8 Å². The number of nitrogens with two attached hydrogens (primary N) is 1. The van der Waals surface area contributed by atoms with Gasteiger partial charge < -0.3 is 15.7 Å². The van der Waals surface area contributed by atoms with Crippen LogP contribution in [0.15, 0.2) is 29.3 Å². The van der Waals surface area contributed by atoms with Crippen molar-refractivity contribution in [2.45, 2.75) is 37.2 Å². The fraction of sp³-hybridized carbons (Fsp3) is 0.333. The fourth-order valence-corrected chi connectivity index (χ4v) is 4.89. The van der Waals surface area contributed by atoms with Crippen LogP contribution in [0.4, 0.5) is 5.82 Å². The van der Waals surface area contributed by atoms with Crippen molar-refractivity contribution in [3.63, 3.8) is 0 Å². The van der Waals surface area contributed by atoms with Crippen LogP contribution in [0, 0.1) is 5.92 Å². The standard InChI is InChI=1S/C21H21N5O3S/c1-10(11-3-4-11)25-9-13-7-12(8-15(30-2)16(13)20(25)27)14-5-6-26-19(23-14)17(21(28)29)18(22)24-26/h5-8,10-11H,3-4,9H2,1-2H3,(H2,22,24)(H,28,29)/t10-/m0/s1. The molecule has 0 bridgehead atoms. The van der Waals surface area contributed by atoms with Gasteiger partial charge in [0.15, 0.2) is 11.5 Å². The molecule has 2 aliphatic rings. The summed E-state index contributed by atoms with van der Waals surface area (Å²) in [5.41, 5.74) is 9.06. The molecular formula is C21H21N5O3S. The van der Waals surface area contributed by atoms with E-state index < -0.39 is 5.97 Å². The molecule has 3 aromatic rings. The predicted molar refractivity (Wildman–Crippen MR) is 114 cm³/mol. The summed E-state index contributed by atoms with van der Waals surface area (Å²) < 4.78 is 1.37. The first kappa shape index (κ1) is 18.9. The summed E-state index contributed by atoms with van der Waals surface area (Å²) in [4.78, 5) is 32.1. The van der Waals surface area contributed by atoms with E-state index in [1.807, 2.05) is 23.3 Å². The number of carbonyl (C=O) groups is 2. The zero-order valence-corrected chi connectivity index (χ0v) is 17.4. The van der Waals surface area contributed by atoms with Gasteiger partial charge in [-0.1, -0.05) is 0 Å². The molecule has 1 aliphatic heterocycles. The van der Waals surface area contributed by atoms with Crippen LogP contribution in [0.1, 0.15) is 46.0 Å². The second-order valence-corrected chi connectivity index (χ2v) is 8.72. The van der Waals surface area contributed by atoms with Crippen LogP contribution in [0.2, 0.25) is 0 Å². The number of fused-ring (bicyclic) bond motifs is 2. The lowest BCUT2D eigenvalue weighted by atomic mass is 10.0. The third kappa shape index (κ3) is 2.84. The van der Waals surface area contributed by atoms with E-state index >= 15 is 0 Å². The number of carboxylic acids is 1. The van der Waals surface area contributed by atoms with E-state index in [1.165, 1.54) is 29.1 Å². The lowest BCUT2D eigenvalue weighted by Gasteiger charge is -2.24. The Bertz CT molecular complexity index is 1220.